The Kier molecular flexibility index (Phi) is 4.66. The molecule has 0 unspecified atom stereocenters. The van der Waals surface area contributed by atoms with Crippen LogP contribution in [0.1, 0.15) is 18.5 Å². The van der Waals surface area contributed by atoms with Crippen molar-refractivity contribution in [3.05, 3.63) is 81.5 Å². The van der Waals surface area contributed by atoms with Gasteiger partial charge in [0, 0.05) is 23.5 Å². The van der Waals surface area contributed by atoms with Gasteiger partial charge in [-0.05, 0) is 18.6 Å². The first-order chi connectivity index (χ1) is 12.5. The summed E-state index contributed by atoms with van der Waals surface area (Å²) < 4.78 is 0. The van der Waals surface area contributed by atoms with Crippen LogP contribution in [0.15, 0.2) is 65.9 Å². The zero-order valence-corrected chi connectivity index (χ0v) is 13.9. The Morgan fingerprint density at radius 1 is 1.15 bits per heavy atom. The highest BCUT2D eigenvalue weighted by atomic mass is 16.6. The van der Waals surface area contributed by atoms with Gasteiger partial charge in [0.15, 0.2) is 0 Å². The number of carbonyl (C=O) groups is 2. The van der Waals surface area contributed by atoms with E-state index in [2.05, 4.69) is 16.0 Å². The van der Waals surface area contributed by atoms with Gasteiger partial charge in [0.1, 0.15) is 0 Å². The topological polar surface area (TPSA) is 113 Å². The third-order valence-corrected chi connectivity index (χ3v) is 3.96. The Morgan fingerprint density at radius 3 is 2.58 bits per heavy atom. The minimum Gasteiger partial charge on any atom is -0.327 e. The van der Waals surface area contributed by atoms with Crippen LogP contribution in [-0.4, -0.2) is 16.9 Å². The van der Waals surface area contributed by atoms with E-state index in [-0.39, 0.29) is 5.69 Å². The highest BCUT2D eigenvalue weighted by Crippen LogP contribution is 2.28. The molecule has 132 valence electrons. The van der Waals surface area contributed by atoms with Gasteiger partial charge in [-0.1, -0.05) is 36.4 Å². The molecule has 1 heterocycles. The summed E-state index contributed by atoms with van der Waals surface area (Å²) in [5.41, 5.74) is 1.69. The number of non-ortho nitro benzene ring substituents is 1. The predicted molar refractivity (Wildman–Crippen MR) is 95.3 cm³/mol. The molecule has 0 aliphatic carbocycles. The van der Waals surface area contributed by atoms with Gasteiger partial charge in [-0.25, -0.2) is 4.79 Å². The van der Waals surface area contributed by atoms with Gasteiger partial charge in [-0.15, -0.1) is 0 Å². The van der Waals surface area contributed by atoms with Gasteiger partial charge < -0.3 is 16.0 Å². The molecule has 0 saturated heterocycles. The molecule has 3 amide bonds. The number of urea groups is 1. The molecule has 0 radical (unpaired) electrons. The molecule has 0 bridgehead atoms. The minimum absolute atomic E-state index is 0.122. The second-order valence-corrected chi connectivity index (χ2v) is 5.74. The van der Waals surface area contributed by atoms with E-state index < -0.39 is 22.9 Å². The van der Waals surface area contributed by atoms with Gasteiger partial charge in [-0.3, -0.25) is 14.9 Å². The largest absolute Gasteiger partial charge is 0.327 e. The van der Waals surface area contributed by atoms with Crippen molar-refractivity contribution in [3.8, 4) is 0 Å². The van der Waals surface area contributed by atoms with Gasteiger partial charge in [0.25, 0.3) is 11.6 Å². The number of allylic oxidation sites excluding steroid dienone is 1. The highest BCUT2D eigenvalue weighted by Gasteiger charge is 2.31. The molecule has 0 fully saturated rings. The predicted octanol–water partition coefficient (Wildman–Crippen LogP) is 2.86. The van der Waals surface area contributed by atoms with Crippen LogP contribution in [0.2, 0.25) is 0 Å². The molecule has 26 heavy (non-hydrogen) atoms. The van der Waals surface area contributed by atoms with Crippen LogP contribution < -0.4 is 16.0 Å². The van der Waals surface area contributed by atoms with Crippen molar-refractivity contribution in [2.45, 2.75) is 13.0 Å². The van der Waals surface area contributed by atoms with E-state index in [0.29, 0.717) is 17.0 Å². The maximum atomic E-state index is 12.8. The molecule has 1 aliphatic rings. The quantitative estimate of drug-likeness (QED) is 0.580. The highest BCUT2D eigenvalue weighted by molar-refractivity contribution is 6.06. The molecule has 1 atom stereocenters. The number of benzene rings is 2. The number of anilines is 1. The van der Waals surface area contributed by atoms with E-state index in [1.165, 1.54) is 18.2 Å². The number of nitrogens with one attached hydrogen (secondary N) is 3. The van der Waals surface area contributed by atoms with E-state index in [1.807, 2.05) is 30.3 Å². The van der Waals surface area contributed by atoms with E-state index in [0.717, 1.165) is 5.56 Å². The second kappa shape index (κ2) is 7.06. The number of rotatable bonds is 4. The van der Waals surface area contributed by atoms with Crippen molar-refractivity contribution in [3.63, 3.8) is 0 Å². The molecule has 3 rings (SSSR count). The first kappa shape index (κ1) is 17.2. The average molecular weight is 352 g/mol. The van der Waals surface area contributed by atoms with Gasteiger partial charge in [0.05, 0.1) is 16.5 Å². The molecule has 8 nitrogen and oxygen atoms in total. The van der Waals surface area contributed by atoms with Crippen LogP contribution in [-0.2, 0) is 4.79 Å². The fourth-order valence-corrected chi connectivity index (χ4v) is 2.79. The summed E-state index contributed by atoms with van der Waals surface area (Å²) in [4.78, 5) is 35.0. The summed E-state index contributed by atoms with van der Waals surface area (Å²) in [5, 5.41) is 18.9. The molecule has 3 N–H and O–H groups in total. The summed E-state index contributed by atoms with van der Waals surface area (Å²) in [6.07, 6.45) is 0. The smallest absolute Gasteiger partial charge is 0.319 e. The number of nitro benzene ring substituents is 1. The van der Waals surface area contributed by atoms with Crippen molar-refractivity contribution < 1.29 is 14.5 Å². The van der Waals surface area contributed by atoms with Gasteiger partial charge in [0.2, 0.25) is 0 Å². The number of amides is 3. The molecule has 0 spiro atoms. The van der Waals surface area contributed by atoms with Crippen LogP contribution in [0.4, 0.5) is 16.2 Å². The fraction of sp³-hybridized carbons (Fsp3) is 0.111. The third kappa shape index (κ3) is 3.54. The molecule has 0 aromatic heterocycles. The van der Waals surface area contributed by atoms with E-state index in [1.54, 1.807) is 13.0 Å². The molecule has 1 aliphatic heterocycles. The number of nitrogens with zero attached hydrogens (tertiary/aromatic N) is 1. The van der Waals surface area contributed by atoms with Gasteiger partial charge >= 0.3 is 6.03 Å². The summed E-state index contributed by atoms with van der Waals surface area (Å²) in [6, 6.07) is 13.7. The Balaban J connectivity index is 1.92. The lowest BCUT2D eigenvalue weighted by Crippen LogP contribution is -2.45. The Labute approximate surface area is 149 Å². The molecule has 8 heteroatoms. The summed E-state index contributed by atoms with van der Waals surface area (Å²) in [7, 11) is 0. The number of hydrogen-bond acceptors (Lipinski definition) is 4. The Bertz CT molecular complexity index is 908. The first-order valence-electron chi connectivity index (χ1n) is 7.85. The van der Waals surface area contributed by atoms with Crippen LogP contribution in [0.5, 0.6) is 0 Å². The normalized spacial score (nSPS) is 16.5. The van der Waals surface area contributed by atoms with Crippen LogP contribution in [0, 0.1) is 10.1 Å². The Morgan fingerprint density at radius 2 is 1.88 bits per heavy atom. The van der Waals surface area contributed by atoms with Crippen LogP contribution in [0.3, 0.4) is 0 Å². The van der Waals surface area contributed by atoms with Crippen molar-refractivity contribution in [2.75, 3.05) is 5.32 Å². The van der Waals surface area contributed by atoms with E-state index >= 15 is 0 Å². The van der Waals surface area contributed by atoms with Crippen molar-refractivity contribution >= 4 is 23.3 Å². The lowest BCUT2D eigenvalue weighted by Gasteiger charge is -2.28. The van der Waals surface area contributed by atoms with E-state index in [4.69, 9.17) is 0 Å². The second-order valence-electron chi connectivity index (χ2n) is 5.74. The monoisotopic (exact) mass is 352 g/mol. The summed E-state index contributed by atoms with van der Waals surface area (Å²) >= 11 is 0. The molecule has 2 aromatic carbocycles. The molecular formula is C18H16N4O4. The van der Waals surface area contributed by atoms with E-state index in [9.17, 15) is 19.7 Å². The standard InChI is InChI=1S/C18H16N4O4/c1-11-15(16(21-18(24)19-11)12-6-3-2-4-7-12)17(23)20-13-8-5-9-14(10-13)22(25)26/h2-10,16H,1H3,(H,20,23)(H2,19,21,24)/t16-/m1/s1. The maximum absolute atomic E-state index is 12.8. The Hall–Kier alpha value is -3.68. The third-order valence-electron chi connectivity index (χ3n) is 3.96. The fourth-order valence-electron chi connectivity index (χ4n) is 2.79. The van der Waals surface area contributed by atoms with Crippen molar-refractivity contribution in [2.24, 2.45) is 0 Å². The zero-order valence-electron chi connectivity index (χ0n) is 13.9. The van der Waals surface area contributed by atoms with Crippen molar-refractivity contribution in [1.29, 1.82) is 0 Å². The zero-order chi connectivity index (χ0) is 18.7. The number of nitro groups is 1. The minimum atomic E-state index is -0.622. The maximum Gasteiger partial charge on any atom is 0.319 e. The van der Waals surface area contributed by atoms with Gasteiger partial charge in [-0.2, -0.15) is 0 Å². The summed E-state index contributed by atoms with van der Waals surface area (Å²) in [6.45, 7) is 1.64. The lowest BCUT2D eigenvalue weighted by atomic mass is 9.95. The van der Waals surface area contributed by atoms with Crippen LogP contribution in [0.25, 0.3) is 0 Å². The number of carbonyl (C=O) groups excluding carboxylic acids is 2. The van der Waals surface area contributed by atoms with Crippen molar-refractivity contribution in [1.82, 2.24) is 10.6 Å². The lowest BCUT2D eigenvalue weighted by molar-refractivity contribution is -0.384. The average Bonchev–Trinajstić information content (AvgIpc) is 2.61. The number of hydrogen-bond donors (Lipinski definition) is 3. The first-order valence-corrected chi connectivity index (χ1v) is 7.85. The SMILES string of the molecule is CC1=C(C(=O)Nc2cccc([N+](=O)[O-])c2)[C@@H](c2ccccc2)NC(=O)N1. The molecular weight excluding hydrogens is 336 g/mol. The molecule has 0 saturated carbocycles. The molecule has 2 aromatic rings. The van der Waals surface area contributed by atoms with Crippen LogP contribution >= 0.6 is 0 Å². The summed E-state index contributed by atoms with van der Waals surface area (Å²) in [5.74, 6) is -0.454.